The maximum absolute atomic E-state index is 12.3. The van der Waals surface area contributed by atoms with Gasteiger partial charge in [-0.25, -0.2) is 0 Å². The van der Waals surface area contributed by atoms with Gasteiger partial charge in [-0.3, -0.25) is 4.79 Å². The molecule has 2 aliphatic rings. The van der Waals surface area contributed by atoms with Crippen LogP contribution in [0.5, 0.6) is 0 Å². The van der Waals surface area contributed by atoms with Crippen LogP contribution in [0.15, 0.2) is 12.7 Å². The van der Waals surface area contributed by atoms with Crippen LogP contribution in [0.1, 0.15) is 44.9 Å². The Morgan fingerprint density at radius 2 is 2.16 bits per heavy atom. The molecule has 0 radical (unpaired) electrons. The minimum atomic E-state index is 0. The molecule has 3 nitrogen and oxygen atoms in total. The second-order valence-electron chi connectivity index (χ2n) is 5.80. The quantitative estimate of drug-likeness (QED) is 0.623. The van der Waals surface area contributed by atoms with E-state index in [0.717, 1.165) is 31.7 Å². The highest BCUT2D eigenvalue weighted by molar-refractivity contribution is 5.85. The van der Waals surface area contributed by atoms with E-state index in [1.165, 1.54) is 25.7 Å². The van der Waals surface area contributed by atoms with Gasteiger partial charge in [-0.15, -0.1) is 19.0 Å². The van der Waals surface area contributed by atoms with E-state index in [9.17, 15) is 4.79 Å². The number of rotatable bonds is 5. The number of carbonyl (C=O) groups is 1. The highest BCUT2D eigenvalue weighted by atomic mass is 35.5. The first-order valence-corrected chi connectivity index (χ1v) is 7.34. The van der Waals surface area contributed by atoms with Gasteiger partial charge in [0.05, 0.1) is 6.04 Å². The highest BCUT2D eigenvalue weighted by Crippen LogP contribution is 2.33. The number of carbonyl (C=O) groups excluding carboxylic acids is 1. The molecule has 0 spiro atoms. The molecular weight excluding hydrogens is 260 g/mol. The first-order chi connectivity index (χ1) is 8.72. The lowest BCUT2D eigenvalue weighted by molar-refractivity contribution is -0.131. The molecule has 0 aromatic carbocycles. The number of unbranched alkanes of at least 4 members (excludes halogenated alkanes) is 1. The Morgan fingerprint density at radius 1 is 1.42 bits per heavy atom. The predicted octanol–water partition coefficient (Wildman–Crippen LogP) is 2.75. The van der Waals surface area contributed by atoms with Gasteiger partial charge in [-0.2, -0.15) is 0 Å². The van der Waals surface area contributed by atoms with Gasteiger partial charge in [0.2, 0.25) is 5.91 Å². The lowest BCUT2D eigenvalue weighted by atomic mass is 9.85. The molecular formula is C15H27ClN2O. The molecule has 1 N–H and O–H groups in total. The van der Waals surface area contributed by atoms with Gasteiger partial charge in [0, 0.05) is 19.6 Å². The Kier molecular flexibility index (Phi) is 6.87. The zero-order valence-electron chi connectivity index (χ0n) is 11.9. The summed E-state index contributed by atoms with van der Waals surface area (Å²) in [6.45, 7) is 4.56. The van der Waals surface area contributed by atoms with Crippen LogP contribution in [-0.2, 0) is 4.79 Å². The average Bonchev–Trinajstić information content (AvgIpc) is 2.81. The van der Waals surface area contributed by atoms with Crippen molar-refractivity contribution >= 4 is 18.3 Å². The van der Waals surface area contributed by atoms with Gasteiger partial charge in [0.15, 0.2) is 0 Å². The third kappa shape index (κ3) is 4.22. The van der Waals surface area contributed by atoms with Crippen LogP contribution >= 0.6 is 12.4 Å². The van der Waals surface area contributed by atoms with E-state index < -0.39 is 0 Å². The number of hydrogen-bond donors (Lipinski definition) is 1. The number of halogens is 1. The smallest absolute Gasteiger partial charge is 0.239 e. The second kappa shape index (κ2) is 7.91. The molecule has 1 saturated heterocycles. The largest absolute Gasteiger partial charge is 0.344 e. The van der Waals surface area contributed by atoms with Crippen LogP contribution in [0.25, 0.3) is 0 Å². The van der Waals surface area contributed by atoms with Crippen LogP contribution in [-0.4, -0.2) is 36.5 Å². The van der Waals surface area contributed by atoms with Gasteiger partial charge in [-0.1, -0.05) is 18.9 Å². The fourth-order valence-corrected chi connectivity index (χ4v) is 3.36. The molecule has 1 heterocycles. The van der Waals surface area contributed by atoms with Gasteiger partial charge in [-0.05, 0) is 38.0 Å². The van der Waals surface area contributed by atoms with Gasteiger partial charge in [0.25, 0.3) is 0 Å². The van der Waals surface area contributed by atoms with Crippen LogP contribution < -0.4 is 5.32 Å². The third-order valence-corrected chi connectivity index (χ3v) is 4.44. The second-order valence-corrected chi connectivity index (χ2v) is 5.80. The Morgan fingerprint density at radius 3 is 2.84 bits per heavy atom. The van der Waals surface area contributed by atoms with E-state index in [2.05, 4.69) is 11.9 Å². The van der Waals surface area contributed by atoms with E-state index in [1.807, 2.05) is 18.0 Å². The van der Waals surface area contributed by atoms with Crippen molar-refractivity contribution in [3.63, 3.8) is 0 Å². The van der Waals surface area contributed by atoms with Crippen LogP contribution in [0, 0.1) is 5.92 Å². The van der Waals surface area contributed by atoms with Crippen molar-refractivity contribution in [1.82, 2.24) is 10.2 Å². The molecule has 0 aromatic heterocycles. The molecule has 0 bridgehead atoms. The van der Waals surface area contributed by atoms with Crippen LogP contribution in [0.4, 0.5) is 0 Å². The number of fused-ring (bicyclic) bond motifs is 1. The molecule has 1 aliphatic carbocycles. The standard InChI is InChI=1S/C15H26N2O.ClH/c1-3-4-7-10-17(2)15(18)14-11-12-8-5-6-9-13(12)16-14;/h3,12-14,16H,1,4-11H2,2H3;1H. The summed E-state index contributed by atoms with van der Waals surface area (Å²) in [4.78, 5) is 14.2. The lowest BCUT2D eigenvalue weighted by Crippen LogP contribution is -2.44. The molecule has 4 heteroatoms. The molecule has 2 fully saturated rings. The van der Waals surface area contributed by atoms with Gasteiger partial charge < -0.3 is 10.2 Å². The highest BCUT2D eigenvalue weighted by Gasteiger charge is 2.38. The normalized spacial score (nSPS) is 29.2. The first kappa shape index (κ1) is 16.5. The number of amides is 1. The fourth-order valence-electron chi connectivity index (χ4n) is 3.36. The molecule has 2 rings (SSSR count). The van der Waals surface area contributed by atoms with E-state index in [1.54, 1.807) is 0 Å². The van der Waals surface area contributed by atoms with Crippen LogP contribution in [0.3, 0.4) is 0 Å². The molecule has 0 aromatic rings. The maximum atomic E-state index is 12.3. The van der Waals surface area contributed by atoms with E-state index in [-0.39, 0.29) is 24.4 Å². The van der Waals surface area contributed by atoms with Gasteiger partial charge in [0.1, 0.15) is 0 Å². The number of nitrogens with one attached hydrogen (secondary N) is 1. The number of nitrogens with zero attached hydrogens (tertiary/aromatic N) is 1. The summed E-state index contributed by atoms with van der Waals surface area (Å²) < 4.78 is 0. The van der Waals surface area contributed by atoms with Crippen LogP contribution in [0.2, 0.25) is 0 Å². The zero-order valence-corrected chi connectivity index (χ0v) is 12.8. The van der Waals surface area contributed by atoms with Crippen molar-refractivity contribution in [1.29, 1.82) is 0 Å². The molecule has 19 heavy (non-hydrogen) atoms. The Labute approximate surface area is 123 Å². The maximum Gasteiger partial charge on any atom is 0.239 e. The third-order valence-electron chi connectivity index (χ3n) is 4.44. The monoisotopic (exact) mass is 286 g/mol. The van der Waals surface area contributed by atoms with Crippen molar-refractivity contribution in [2.75, 3.05) is 13.6 Å². The average molecular weight is 287 g/mol. The molecule has 3 atom stereocenters. The van der Waals surface area contributed by atoms with Crippen molar-refractivity contribution in [3.05, 3.63) is 12.7 Å². The van der Waals surface area contributed by atoms with E-state index in [4.69, 9.17) is 0 Å². The summed E-state index contributed by atoms with van der Waals surface area (Å²) >= 11 is 0. The van der Waals surface area contributed by atoms with E-state index in [0.29, 0.717) is 6.04 Å². The summed E-state index contributed by atoms with van der Waals surface area (Å²) in [5.74, 6) is 1.03. The van der Waals surface area contributed by atoms with Crippen molar-refractivity contribution < 1.29 is 4.79 Å². The number of allylic oxidation sites excluding steroid dienone is 1. The molecule has 1 saturated carbocycles. The van der Waals surface area contributed by atoms with E-state index >= 15 is 0 Å². The molecule has 3 unspecified atom stereocenters. The fraction of sp³-hybridized carbons (Fsp3) is 0.800. The summed E-state index contributed by atoms with van der Waals surface area (Å²) in [7, 11) is 1.93. The topological polar surface area (TPSA) is 32.3 Å². The Hall–Kier alpha value is -0.540. The summed E-state index contributed by atoms with van der Waals surface area (Å²) in [6, 6.07) is 0.682. The molecule has 1 amide bonds. The van der Waals surface area contributed by atoms with Crippen molar-refractivity contribution in [2.45, 2.75) is 57.0 Å². The summed E-state index contributed by atoms with van der Waals surface area (Å²) in [6.07, 6.45) is 10.2. The predicted molar refractivity (Wildman–Crippen MR) is 81.6 cm³/mol. The Bertz CT molecular complexity index is 295. The number of likely N-dealkylation sites (N-methyl/N-ethyl adjacent to an activating group) is 1. The number of hydrogen-bond acceptors (Lipinski definition) is 2. The minimum absolute atomic E-state index is 0. The minimum Gasteiger partial charge on any atom is -0.344 e. The summed E-state index contributed by atoms with van der Waals surface area (Å²) in [5.41, 5.74) is 0. The zero-order chi connectivity index (χ0) is 13.0. The first-order valence-electron chi connectivity index (χ1n) is 7.34. The van der Waals surface area contributed by atoms with Crippen molar-refractivity contribution in [2.24, 2.45) is 5.92 Å². The summed E-state index contributed by atoms with van der Waals surface area (Å²) in [5, 5.41) is 3.55. The SMILES string of the molecule is C=CCCCN(C)C(=O)C1CC2CCCCC2N1.Cl. The van der Waals surface area contributed by atoms with Crippen molar-refractivity contribution in [3.8, 4) is 0 Å². The van der Waals surface area contributed by atoms with Gasteiger partial charge >= 0.3 is 0 Å². The lowest BCUT2D eigenvalue weighted by Gasteiger charge is -2.24. The molecule has 1 aliphatic heterocycles. The Balaban J connectivity index is 0.00000180. The molecule has 110 valence electrons.